The van der Waals surface area contributed by atoms with Crippen molar-refractivity contribution in [1.29, 1.82) is 0 Å². The van der Waals surface area contributed by atoms with E-state index in [0.717, 1.165) is 10.5 Å². The fraction of sp³-hybridized carbons (Fsp3) is 0.440. The maximum Gasteiger partial charge on any atom is 0.277 e. The number of nitrogens with one attached hydrogen (secondary N) is 1. The second-order valence-corrected chi connectivity index (χ2v) is 9.34. The lowest BCUT2D eigenvalue weighted by Gasteiger charge is -2.29. The topological polar surface area (TPSA) is 126 Å². The molecule has 4 amide bonds. The van der Waals surface area contributed by atoms with Crippen molar-refractivity contribution >= 4 is 23.6 Å². The summed E-state index contributed by atoms with van der Waals surface area (Å²) >= 11 is 0. The Morgan fingerprint density at radius 2 is 1.91 bits per heavy atom. The minimum Gasteiger partial charge on any atom is -0.361 e. The van der Waals surface area contributed by atoms with E-state index in [1.54, 1.807) is 11.9 Å². The van der Waals surface area contributed by atoms with Crippen molar-refractivity contribution in [3.63, 3.8) is 0 Å². The fourth-order valence-corrected chi connectivity index (χ4v) is 5.06. The molecule has 10 heteroatoms. The van der Waals surface area contributed by atoms with Crippen LogP contribution in [-0.4, -0.2) is 56.7 Å². The number of piperidine rings is 1. The number of hydrogen-bond acceptors (Lipinski definition) is 8. The normalized spacial score (nSPS) is 21.3. The number of imide groups is 2. The minimum absolute atomic E-state index is 0.0747. The van der Waals surface area contributed by atoms with E-state index in [0.29, 0.717) is 17.6 Å². The molecule has 2 aliphatic heterocycles. The third kappa shape index (κ3) is 4.60. The Balaban J connectivity index is 1.26. The molecule has 35 heavy (non-hydrogen) atoms. The van der Waals surface area contributed by atoms with Gasteiger partial charge in [-0.15, -0.1) is 0 Å². The van der Waals surface area contributed by atoms with Crippen LogP contribution in [0.15, 0.2) is 40.6 Å². The molecule has 1 saturated heterocycles. The van der Waals surface area contributed by atoms with Gasteiger partial charge < -0.3 is 9.42 Å². The van der Waals surface area contributed by atoms with Crippen molar-refractivity contribution in [2.45, 2.75) is 63.5 Å². The van der Waals surface area contributed by atoms with Crippen molar-refractivity contribution in [3.05, 3.63) is 47.5 Å². The molecule has 3 heterocycles. The summed E-state index contributed by atoms with van der Waals surface area (Å²) in [5.41, 5.74) is 2.29. The minimum atomic E-state index is -0.999. The molecule has 182 valence electrons. The van der Waals surface area contributed by atoms with E-state index in [1.807, 2.05) is 12.1 Å². The highest BCUT2D eigenvalue weighted by molar-refractivity contribution is 6.18. The molecule has 1 unspecified atom stereocenters. The average Bonchev–Trinajstić information content (AvgIpc) is 3.44. The maximum absolute atomic E-state index is 13.0. The predicted molar refractivity (Wildman–Crippen MR) is 123 cm³/mol. The quantitative estimate of drug-likeness (QED) is 0.628. The van der Waals surface area contributed by atoms with Gasteiger partial charge in [-0.2, -0.15) is 4.98 Å². The number of carbonyl (C=O) groups excluding carboxylic acids is 4. The van der Waals surface area contributed by atoms with Crippen LogP contribution in [0.3, 0.4) is 0 Å². The Morgan fingerprint density at radius 1 is 1.11 bits per heavy atom. The van der Waals surface area contributed by atoms with E-state index in [9.17, 15) is 19.2 Å². The number of benzene rings is 1. The predicted octanol–water partition coefficient (Wildman–Crippen LogP) is 2.27. The SMILES string of the molecule is CN(Cc1nc(-c2cccc(C3CCCCC3)c2)no1)C1=CC(=O)N(C2CCC(=O)NC2=O)C1=O. The first kappa shape index (κ1) is 22.9. The van der Waals surface area contributed by atoms with Crippen LogP contribution in [0.2, 0.25) is 0 Å². The van der Waals surface area contributed by atoms with Gasteiger partial charge in [-0.1, -0.05) is 42.6 Å². The van der Waals surface area contributed by atoms with E-state index in [1.165, 1.54) is 43.7 Å². The first-order valence-electron chi connectivity index (χ1n) is 12.0. The number of amides is 4. The highest BCUT2D eigenvalue weighted by Crippen LogP contribution is 2.34. The molecule has 3 aliphatic rings. The van der Waals surface area contributed by atoms with Gasteiger partial charge in [-0.25, -0.2) is 0 Å². The van der Waals surface area contributed by atoms with Gasteiger partial charge in [0, 0.05) is 25.1 Å². The van der Waals surface area contributed by atoms with Gasteiger partial charge >= 0.3 is 0 Å². The fourth-order valence-electron chi connectivity index (χ4n) is 5.06. The Morgan fingerprint density at radius 3 is 2.69 bits per heavy atom. The number of nitrogens with zero attached hydrogens (tertiary/aromatic N) is 4. The summed E-state index contributed by atoms with van der Waals surface area (Å²) in [6.07, 6.45) is 7.58. The van der Waals surface area contributed by atoms with Crippen LogP contribution in [0.5, 0.6) is 0 Å². The molecular formula is C25H27N5O5. The third-order valence-corrected chi connectivity index (χ3v) is 6.93. The summed E-state index contributed by atoms with van der Waals surface area (Å²) < 4.78 is 5.43. The summed E-state index contributed by atoms with van der Waals surface area (Å²) in [7, 11) is 1.64. The Labute approximate surface area is 202 Å². The second-order valence-electron chi connectivity index (χ2n) is 9.34. The number of aromatic nitrogens is 2. The molecule has 2 aromatic rings. The molecular weight excluding hydrogens is 450 g/mol. The van der Waals surface area contributed by atoms with E-state index < -0.39 is 29.7 Å². The number of rotatable bonds is 6. The van der Waals surface area contributed by atoms with Crippen LogP contribution in [0.1, 0.15) is 62.3 Å². The smallest absolute Gasteiger partial charge is 0.277 e. The largest absolute Gasteiger partial charge is 0.361 e. The Bertz CT molecular complexity index is 1210. The standard InChI is InChI=1S/C25H27N5O5/c1-29(19-13-22(32)30(25(19)34)18-10-11-20(31)26-24(18)33)14-21-27-23(28-35-21)17-9-5-8-16(12-17)15-6-3-2-4-7-15/h5,8-9,12-13,15,18H,2-4,6-7,10-11,14H2,1H3,(H,26,31,33). The molecule has 5 rings (SSSR count). The molecule has 1 aromatic heterocycles. The summed E-state index contributed by atoms with van der Waals surface area (Å²) in [5, 5.41) is 6.29. The van der Waals surface area contributed by atoms with Gasteiger partial charge in [0.1, 0.15) is 11.7 Å². The molecule has 10 nitrogen and oxygen atoms in total. The Hall–Kier alpha value is -3.82. The van der Waals surface area contributed by atoms with Crippen LogP contribution in [0.4, 0.5) is 0 Å². The highest BCUT2D eigenvalue weighted by Gasteiger charge is 2.43. The van der Waals surface area contributed by atoms with Crippen molar-refractivity contribution < 1.29 is 23.7 Å². The first-order valence-corrected chi connectivity index (χ1v) is 12.0. The monoisotopic (exact) mass is 477 g/mol. The number of carbonyl (C=O) groups is 4. The highest BCUT2D eigenvalue weighted by atomic mass is 16.5. The lowest BCUT2D eigenvalue weighted by molar-refractivity contribution is -0.150. The van der Waals surface area contributed by atoms with Gasteiger partial charge in [-0.05, 0) is 36.8 Å². The summed E-state index contributed by atoms with van der Waals surface area (Å²) in [6.45, 7) is 0.114. The molecule has 0 spiro atoms. The van der Waals surface area contributed by atoms with Gasteiger partial charge in [-0.3, -0.25) is 29.4 Å². The zero-order valence-electron chi connectivity index (χ0n) is 19.5. The number of hydrogen-bond donors (Lipinski definition) is 1. The first-order chi connectivity index (χ1) is 16.9. The molecule has 2 fully saturated rings. The van der Waals surface area contributed by atoms with Gasteiger partial charge in [0.05, 0.1) is 6.54 Å². The maximum atomic E-state index is 13.0. The second kappa shape index (κ2) is 9.44. The van der Waals surface area contributed by atoms with Crippen molar-refractivity contribution in [3.8, 4) is 11.4 Å². The summed E-state index contributed by atoms with van der Waals surface area (Å²) in [6, 6.07) is 7.23. The van der Waals surface area contributed by atoms with Crippen molar-refractivity contribution in [1.82, 2.24) is 25.3 Å². The lowest BCUT2D eigenvalue weighted by atomic mass is 9.83. The van der Waals surface area contributed by atoms with Crippen molar-refractivity contribution in [2.24, 2.45) is 0 Å². The molecule has 1 aromatic carbocycles. The number of likely N-dealkylation sites (N-methyl/N-ethyl adjacent to an activating group) is 1. The lowest BCUT2D eigenvalue weighted by Crippen LogP contribution is -2.54. The van der Waals surface area contributed by atoms with Crippen LogP contribution < -0.4 is 5.32 Å². The van der Waals surface area contributed by atoms with E-state index in [4.69, 9.17) is 4.52 Å². The van der Waals surface area contributed by atoms with Crippen LogP contribution in [0, 0.1) is 0 Å². The van der Waals surface area contributed by atoms with Crippen LogP contribution >= 0.6 is 0 Å². The molecule has 0 bridgehead atoms. The third-order valence-electron chi connectivity index (χ3n) is 6.93. The van der Waals surface area contributed by atoms with Crippen molar-refractivity contribution in [2.75, 3.05) is 7.05 Å². The van der Waals surface area contributed by atoms with Gasteiger partial charge in [0.2, 0.25) is 23.5 Å². The Kier molecular flexibility index (Phi) is 6.19. The van der Waals surface area contributed by atoms with Gasteiger partial charge in [0.25, 0.3) is 11.8 Å². The molecule has 1 saturated carbocycles. The molecule has 1 N–H and O–H groups in total. The summed E-state index contributed by atoms with van der Waals surface area (Å²) in [4.78, 5) is 56.0. The van der Waals surface area contributed by atoms with Gasteiger partial charge in [0.15, 0.2) is 0 Å². The molecule has 1 atom stereocenters. The van der Waals surface area contributed by atoms with E-state index >= 15 is 0 Å². The zero-order valence-corrected chi connectivity index (χ0v) is 19.5. The zero-order chi connectivity index (χ0) is 24.5. The van der Waals surface area contributed by atoms with E-state index in [-0.39, 0.29) is 25.1 Å². The summed E-state index contributed by atoms with van der Waals surface area (Å²) in [5.74, 6) is -0.898. The van der Waals surface area contributed by atoms with Crippen LogP contribution in [0.25, 0.3) is 11.4 Å². The molecule has 1 aliphatic carbocycles. The van der Waals surface area contributed by atoms with E-state index in [2.05, 4.69) is 27.6 Å². The van der Waals surface area contributed by atoms with Crippen LogP contribution in [-0.2, 0) is 25.7 Å². The molecule has 0 radical (unpaired) electrons. The average molecular weight is 478 g/mol.